The first-order chi connectivity index (χ1) is 10.4. The van der Waals surface area contributed by atoms with Crippen molar-refractivity contribution in [1.29, 1.82) is 0 Å². The first-order valence-electron chi connectivity index (χ1n) is 6.64. The predicted octanol–water partition coefficient (Wildman–Crippen LogP) is 2.03. The van der Waals surface area contributed by atoms with Crippen molar-refractivity contribution in [2.75, 3.05) is 6.61 Å². The highest BCUT2D eigenvalue weighted by Gasteiger charge is 2.36. The topological polar surface area (TPSA) is 96.4 Å². The van der Waals surface area contributed by atoms with Gasteiger partial charge in [-0.2, -0.15) is 17.9 Å². The molecule has 0 fully saturated rings. The van der Waals surface area contributed by atoms with E-state index in [4.69, 9.17) is 10.5 Å². The van der Waals surface area contributed by atoms with Crippen LogP contribution in [0.25, 0.3) is 0 Å². The highest BCUT2D eigenvalue weighted by molar-refractivity contribution is 6.76. The van der Waals surface area contributed by atoms with Gasteiger partial charge in [0.1, 0.15) is 12.3 Å². The van der Waals surface area contributed by atoms with Gasteiger partial charge in [0, 0.05) is 20.7 Å². The van der Waals surface area contributed by atoms with Crippen molar-refractivity contribution in [3.8, 4) is 5.88 Å². The second kappa shape index (κ2) is 7.13. The minimum absolute atomic E-state index is 0.284. The largest absolute Gasteiger partial charge is 0.421 e. The van der Waals surface area contributed by atoms with Crippen molar-refractivity contribution in [3.05, 3.63) is 22.0 Å². The molecule has 1 aromatic heterocycles. The van der Waals surface area contributed by atoms with Crippen molar-refractivity contribution in [1.82, 2.24) is 9.78 Å². The summed E-state index contributed by atoms with van der Waals surface area (Å²) < 4.78 is 48.5. The molecule has 0 aliphatic carbocycles. The molecule has 1 rings (SSSR count). The molecule has 0 aliphatic heterocycles. The zero-order chi connectivity index (χ0) is 17.8. The minimum Gasteiger partial charge on any atom is -0.390 e. The Morgan fingerprint density at radius 1 is 1.39 bits per heavy atom. The molecule has 7 nitrogen and oxygen atoms in total. The molecule has 23 heavy (non-hydrogen) atoms. The van der Waals surface area contributed by atoms with Crippen LogP contribution in [0.4, 0.5) is 18.0 Å². The first-order valence-corrected chi connectivity index (χ1v) is 10.4. The second-order valence-corrected chi connectivity index (χ2v) is 11.6. The van der Waals surface area contributed by atoms with Crippen LogP contribution in [0.3, 0.4) is 0 Å². The monoisotopic (exact) mass is 353 g/mol. The Labute approximate surface area is 131 Å². The van der Waals surface area contributed by atoms with Gasteiger partial charge in [0.15, 0.2) is 0 Å². The van der Waals surface area contributed by atoms with E-state index in [-0.39, 0.29) is 6.61 Å². The summed E-state index contributed by atoms with van der Waals surface area (Å²) in [5.74, 6) is -0.724. The fourth-order valence-corrected chi connectivity index (χ4v) is 2.25. The maximum Gasteiger partial charge on any atom is 0.421 e. The number of carbonyl (C=O) groups is 1. The van der Waals surface area contributed by atoms with Crippen LogP contribution in [0.1, 0.15) is 5.56 Å². The summed E-state index contributed by atoms with van der Waals surface area (Å²) in [6.45, 7) is 6.10. The molecule has 11 heteroatoms. The van der Waals surface area contributed by atoms with Gasteiger partial charge in [-0.1, -0.05) is 19.6 Å². The summed E-state index contributed by atoms with van der Waals surface area (Å²) in [6, 6.07) is 1.09. The van der Waals surface area contributed by atoms with Crippen molar-refractivity contribution in [2.45, 2.75) is 38.6 Å². The number of amides is 1. The van der Waals surface area contributed by atoms with Crippen LogP contribution in [-0.4, -0.2) is 30.6 Å². The Morgan fingerprint density at radius 3 is 2.48 bits per heavy atom. The molecule has 1 aromatic rings. The summed E-state index contributed by atoms with van der Waals surface area (Å²) in [4.78, 5) is 22.4. The lowest BCUT2D eigenvalue weighted by Crippen LogP contribution is -2.32. The van der Waals surface area contributed by atoms with Crippen LogP contribution in [0.2, 0.25) is 25.7 Å². The second-order valence-electron chi connectivity index (χ2n) is 5.97. The highest BCUT2D eigenvalue weighted by atomic mass is 28.3. The van der Waals surface area contributed by atoms with E-state index in [2.05, 4.69) is 29.5 Å². The molecule has 1 amide bonds. The van der Waals surface area contributed by atoms with E-state index in [0.717, 1.165) is 6.04 Å². The third-order valence-corrected chi connectivity index (χ3v) is 4.38. The Bertz CT molecular complexity index is 625. The maximum absolute atomic E-state index is 12.8. The van der Waals surface area contributed by atoms with Crippen LogP contribution in [0.5, 0.6) is 5.88 Å². The fraction of sp³-hybridized carbons (Fsp3) is 0.583. The normalized spacial score (nSPS) is 12.3. The number of nitrogens with zero attached hydrogens (tertiary/aromatic N) is 2. The standard InChI is InChI=1S/C12H18F3N3O4Si/c1-23(2,3)5-4-21-7-18-10(19)8(12(13,14)15)6-9(17-18)22-11(16)20/h6H,4-5,7H2,1-3H3,(H2,16,20). The highest BCUT2D eigenvalue weighted by Crippen LogP contribution is 2.28. The average molecular weight is 353 g/mol. The number of primary amides is 1. The van der Waals surface area contributed by atoms with Crippen molar-refractivity contribution >= 4 is 14.2 Å². The van der Waals surface area contributed by atoms with Gasteiger partial charge < -0.3 is 15.2 Å². The molecule has 0 saturated carbocycles. The molecule has 0 bridgehead atoms. The lowest BCUT2D eigenvalue weighted by atomic mass is 10.3. The Kier molecular flexibility index (Phi) is 5.94. The first kappa shape index (κ1) is 19.2. The molecule has 0 radical (unpaired) electrons. The molecule has 0 spiro atoms. The van der Waals surface area contributed by atoms with Crippen LogP contribution in [0.15, 0.2) is 10.9 Å². The summed E-state index contributed by atoms with van der Waals surface area (Å²) >= 11 is 0. The van der Waals surface area contributed by atoms with Crippen LogP contribution in [-0.2, 0) is 17.6 Å². The molecule has 130 valence electrons. The lowest BCUT2D eigenvalue weighted by molar-refractivity contribution is -0.139. The number of halogens is 3. The maximum atomic E-state index is 12.8. The van der Waals surface area contributed by atoms with Gasteiger partial charge in [-0.3, -0.25) is 4.79 Å². The van der Waals surface area contributed by atoms with Gasteiger partial charge >= 0.3 is 12.3 Å². The number of carbonyl (C=O) groups excluding carboxylic acids is 1. The van der Waals surface area contributed by atoms with Gasteiger partial charge in [0.05, 0.1) is 0 Å². The van der Waals surface area contributed by atoms with E-state index in [1.54, 1.807) is 0 Å². The van der Waals surface area contributed by atoms with Crippen LogP contribution < -0.4 is 16.0 Å². The molecule has 1 heterocycles. The summed E-state index contributed by atoms with van der Waals surface area (Å²) in [7, 11) is -1.38. The SMILES string of the molecule is C[Si](C)(C)CCOCn1nc(OC(N)=O)cc(C(F)(F)F)c1=O. The van der Waals surface area contributed by atoms with Gasteiger partial charge in [-0.15, -0.1) is 5.10 Å². The molecule has 0 aliphatic rings. The number of hydrogen-bond acceptors (Lipinski definition) is 5. The Morgan fingerprint density at radius 2 is 2.00 bits per heavy atom. The lowest BCUT2D eigenvalue weighted by Gasteiger charge is -2.16. The van der Waals surface area contributed by atoms with Gasteiger partial charge in [0.2, 0.25) is 5.88 Å². The molecule has 0 saturated heterocycles. The predicted molar refractivity (Wildman–Crippen MR) is 77.8 cm³/mol. The minimum atomic E-state index is -4.92. The van der Waals surface area contributed by atoms with Gasteiger partial charge in [0.25, 0.3) is 5.56 Å². The summed E-state index contributed by atoms with van der Waals surface area (Å²) in [6.07, 6.45) is -6.26. The van der Waals surface area contributed by atoms with Gasteiger partial charge in [-0.05, 0) is 6.04 Å². The number of ether oxygens (including phenoxy) is 2. The molecule has 0 unspecified atom stereocenters. The quantitative estimate of drug-likeness (QED) is 0.623. The third kappa shape index (κ3) is 6.40. The smallest absolute Gasteiger partial charge is 0.390 e. The van der Waals surface area contributed by atoms with Crippen molar-refractivity contribution < 1.29 is 27.4 Å². The summed E-state index contributed by atoms with van der Waals surface area (Å²) in [5.41, 5.74) is 1.84. The molecular weight excluding hydrogens is 335 g/mol. The van der Waals surface area contributed by atoms with Gasteiger partial charge in [-0.25, -0.2) is 4.79 Å². The van der Waals surface area contributed by atoms with Crippen LogP contribution >= 0.6 is 0 Å². The number of nitrogens with two attached hydrogens (primary N) is 1. The van der Waals surface area contributed by atoms with E-state index in [0.29, 0.717) is 10.7 Å². The number of alkyl halides is 3. The third-order valence-electron chi connectivity index (χ3n) is 2.67. The molecule has 0 atom stereocenters. The number of rotatable bonds is 6. The number of aromatic nitrogens is 2. The van der Waals surface area contributed by atoms with Crippen molar-refractivity contribution in [3.63, 3.8) is 0 Å². The molecule has 2 N–H and O–H groups in total. The number of hydrogen-bond donors (Lipinski definition) is 1. The van der Waals surface area contributed by atoms with Crippen molar-refractivity contribution in [2.24, 2.45) is 5.73 Å². The Balaban J connectivity index is 3.00. The van der Waals surface area contributed by atoms with E-state index in [9.17, 15) is 22.8 Å². The van der Waals surface area contributed by atoms with E-state index >= 15 is 0 Å². The van der Waals surface area contributed by atoms with Crippen LogP contribution in [0, 0.1) is 0 Å². The Hall–Kier alpha value is -1.88. The van der Waals surface area contributed by atoms with E-state index in [1.807, 2.05) is 0 Å². The zero-order valence-corrected chi connectivity index (χ0v) is 13.9. The zero-order valence-electron chi connectivity index (χ0n) is 12.9. The van der Waals surface area contributed by atoms with E-state index < -0.39 is 44.1 Å². The summed E-state index contributed by atoms with van der Waals surface area (Å²) in [5, 5.41) is 3.49. The molecular formula is C12H18F3N3O4Si. The van der Waals surface area contributed by atoms with E-state index in [1.165, 1.54) is 0 Å². The molecule has 0 aromatic carbocycles. The fourth-order valence-electron chi connectivity index (χ4n) is 1.49. The average Bonchev–Trinajstić information content (AvgIpc) is 2.34.